The molecule has 8 aromatic rings. The van der Waals surface area contributed by atoms with Gasteiger partial charge in [-0.05, 0) is 59.5 Å². The lowest BCUT2D eigenvalue weighted by molar-refractivity contribution is -0.280. The van der Waals surface area contributed by atoms with Crippen LogP contribution in [0.3, 0.4) is 0 Å². The summed E-state index contributed by atoms with van der Waals surface area (Å²) in [4.78, 5) is 153. The summed E-state index contributed by atoms with van der Waals surface area (Å²) < 4.78 is 45.8. The number of cyclic esters (lactones) is 2. The van der Waals surface area contributed by atoms with Crippen molar-refractivity contribution >= 4 is 121 Å². The number of carbonyl (C=O) groups excluding carboxylic acids is 8. The molecule has 4 aliphatic heterocycles. The summed E-state index contributed by atoms with van der Waals surface area (Å²) >= 11 is 4.73. The largest absolute Gasteiger partial charge is 0.499 e. The molecule has 1 saturated heterocycles. The van der Waals surface area contributed by atoms with Crippen molar-refractivity contribution in [3.05, 3.63) is 149 Å². The number of likely N-dealkylation sites (N-methyl/N-ethyl adjacent to an activating group) is 1. The van der Waals surface area contributed by atoms with Crippen molar-refractivity contribution < 1.29 is 86.6 Å². The fourth-order valence-corrected chi connectivity index (χ4v) is 16.4. The number of carbonyl (C=O) groups is 8. The van der Waals surface area contributed by atoms with E-state index in [0.717, 1.165) is 56.7 Å². The van der Waals surface area contributed by atoms with Crippen molar-refractivity contribution in [3.63, 3.8) is 0 Å². The first-order valence-corrected chi connectivity index (χ1v) is 36.2. The number of methoxy groups -OCH3 is 1. The molecule has 0 aliphatic carbocycles. The number of fused-ring (bicyclic) bond motifs is 15. The van der Waals surface area contributed by atoms with Gasteiger partial charge in [0.2, 0.25) is 5.91 Å². The maximum atomic E-state index is 15.5. The number of esters is 2. The second kappa shape index (κ2) is 30.7. The molecular formula is C67H68N14O18S5. The molecule has 0 radical (unpaired) electrons. The van der Waals surface area contributed by atoms with Crippen LogP contribution in [-0.4, -0.2) is 187 Å². The molecule has 37 heteroatoms. The van der Waals surface area contributed by atoms with Gasteiger partial charge in [-0.15, -0.1) is 56.7 Å². The Morgan fingerprint density at radius 2 is 1.53 bits per heavy atom. The summed E-state index contributed by atoms with van der Waals surface area (Å²) in [5.41, 5.74) is 3.51. The minimum Gasteiger partial charge on any atom is -0.499 e. The zero-order chi connectivity index (χ0) is 74.2. The molecule has 12 bridgehead atoms. The van der Waals surface area contributed by atoms with Gasteiger partial charge in [0.15, 0.2) is 18.1 Å². The summed E-state index contributed by atoms with van der Waals surface area (Å²) in [6.07, 6.45) is -4.56. The lowest BCUT2D eigenvalue weighted by atomic mass is 9.85. The molecule has 4 aliphatic rings. The van der Waals surface area contributed by atoms with Gasteiger partial charge in [-0.2, -0.15) is 4.73 Å². The topological polar surface area (TPSA) is 423 Å². The second-order valence-corrected chi connectivity index (χ2v) is 28.8. The average molecular weight is 1520 g/mol. The molecule has 32 nitrogen and oxygen atoms in total. The molecule has 104 heavy (non-hydrogen) atoms. The minimum absolute atomic E-state index is 0.00315. The Morgan fingerprint density at radius 1 is 0.856 bits per heavy atom. The van der Waals surface area contributed by atoms with E-state index in [1.54, 1.807) is 62.5 Å². The summed E-state index contributed by atoms with van der Waals surface area (Å²) in [7, 11) is 4.88. The number of rotatable bonds is 15. The smallest absolute Gasteiger partial charge is 0.358 e. The maximum absolute atomic E-state index is 15.5. The van der Waals surface area contributed by atoms with Gasteiger partial charge in [0.25, 0.3) is 29.5 Å². The van der Waals surface area contributed by atoms with E-state index in [4.69, 9.17) is 63.7 Å². The molecule has 11 heterocycles. The number of hydrogen-bond donors (Lipinski definition) is 8. The van der Waals surface area contributed by atoms with Crippen LogP contribution in [0, 0.1) is 0 Å². The van der Waals surface area contributed by atoms with Crippen LogP contribution in [0.15, 0.2) is 94.5 Å². The molecule has 0 unspecified atom stereocenters. The molecule has 1 fully saturated rings. The van der Waals surface area contributed by atoms with E-state index >= 15 is 19.2 Å². The van der Waals surface area contributed by atoms with Crippen molar-refractivity contribution in [1.29, 1.82) is 0 Å². The number of nitrogens with one attached hydrogen (secondary N) is 5. The molecule has 544 valence electrons. The number of allylic oxidation sites excluding steroid dienone is 1. The Morgan fingerprint density at radius 3 is 2.24 bits per heavy atom. The monoisotopic (exact) mass is 1520 g/mol. The molecule has 6 amide bonds. The third-order valence-electron chi connectivity index (χ3n) is 17.0. The Bertz CT molecular complexity index is 4800. The Kier molecular flexibility index (Phi) is 21.8. The van der Waals surface area contributed by atoms with E-state index in [0.29, 0.717) is 16.5 Å². The van der Waals surface area contributed by atoms with Crippen LogP contribution >= 0.6 is 56.7 Å². The number of benzene rings is 1. The van der Waals surface area contributed by atoms with Crippen LogP contribution in [-0.2, 0) is 56.0 Å². The maximum Gasteiger partial charge on any atom is 0.358 e. The van der Waals surface area contributed by atoms with Crippen molar-refractivity contribution in [2.75, 3.05) is 41.0 Å². The average Bonchev–Trinajstić information content (AvgIpc) is 1.56. The first-order chi connectivity index (χ1) is 49.7. The van der Waals surface area contributed by atoms with E-state index in [1.165, 1.54) is 59.4 Å². The van der Waals surface area contributed by atoms with Crippen molar-refractivity contribution in [1.82, 2.24) is 66.1 Å². The van der Waals surface area contributed by atoms with Crippen LogP contribution in [0.1, 0.15) is 125 Å². The molecule has 7 aromatic heterocycles. The number of nitrogens with two attached hydrogens (primary N) is 1. The van der Waals surface area contributed by atoms with Crippen LogP contribution in [0.5, 0.6) is 5.75 Å². The van der Waals surface area contributed by atoms with Gasteiger partial charge in [-0.25, -0.2) is 39.5 Å². The predicted molar refractivity (Wildman–Crippen MR) is 379 cm³/mol. The number of aromatic nitrogens is 7. The summed E-state index contributed by atoms with van der Waals surface area (Å²) in [6, 6.07) is 1.34. The Hall–Kier alpha value is -10.1. The number of primary amides is 1. The molecule has 1 aromatic carbocycles. The number of hydrogen-bond acceptors (Lipinski definition) is 30. The number of ether oxygens (including phenoxy) is 7. The fourth-order valence-electron chi connectivity index (χ4n) is 12.2. The zero-order valence-corrected chi connectivity index (χ0v) is 60.6. The summed E-state index contributed by atoms with van der Waals surface area (Å²) in [5, 5.41) is 44.6. The van der Waals surface area contributed by atoms with Gasteiger partial charge in [0.05, 0.1) is 48.8 Å². The van der Waals surface area contributed by atoms with E-state index in [1.807, 2.05) is 0 Å². The van der Waals surface area contributed by atoms with Crippen LogP contribution in [0.2, 0.25) is 0 Å². The van der Waals surface area contributed by atoms with E-state index < -0.39 is 133 Å². The standard InChI is InChI=1S/C67H68N14O18S5/c1-11-16-93-42-18-33-47(76-48(42)63-74-37(25-103-63)55(84)69-28(3)54(68)83)36-23-101-61(71-36)35-22-96-65(89)50-34-21-94-51(52(99-43-19-67(7,91)53(80(8)9)31(6)98-43)66(90)95-20-32-14-13-15-41(44(32)34)81(50)97-17-12-2)49(64-75-38(26-104-64)56(85)70-35)79-58(87)40-27-102-62(73-40)46(30(5)92-10)78-59(88)45(29(4)82)77-57(86)39-24-100-60(33)72-39/h11-15,18,23-27,29,31,35,43,45,49,51-53,82,91H,1-3,16-17,19-22H2,4-10H3,(H2,68,83)(H,69,84)(H,70,85)(H,77,86)(H,78,88)(H,79,87)/b46-30+/t29-,31+,35+,43+,45+,49+,51+,52+,53-,67+/m1/s1. The number of aliphatic hydroxyl groups excluding tert-OH is 1. The fraction of sp³-hybridized carbons (Fsp3) is 0.343. The van der Waals surface area contributed by atoms with Gasteiger partial charge >= 0.3 is 11.9 Å². The summed E-state index contributed by atoms with van der Waals surface area (Å²) in [5.74, 6) is -7.36. The Labute approximate surface area is 611 Å². The highest BCUT2D eigenvalue weighted by atomic mass is 32.1. The van der Waals surface area contributed by atoms with E-state index in [2.05, 4.69) is 56.3 Å². The molecule has 0 saturated carbocycles. The minimum atomic E-state index is -1.90. The molecule has 12 rings (SSSR count). The SMILES string of the molecule is C=CCOc1cc2c(nc1-c1nc(C(=O)NC(=C)C(N)=O)cs1)-c1csc(n1)[C@@H]1COC(=O)c3c4c5c(cccc5n3OCC=C)COC(=O)[C@@H](O[C@H]3C[C@](C)(O)[C@H](N(C)C)[C@H](C)O3)[C@@H](OC4)[C@H](NC(=O)c3csc(n3)/C(=C(/C)OC)NC(=O)[C@H]([C@@H](C)O)NC(=O)c3csc-2n3)c2nc(cs2)C(=O)N1. The van der Waals surface area contributed by atoms with Gasteiger partial charge in [0.1, 0.15) is 133 Å². The lowest BCUT2D eigenvalue weighted by Gasteiger charge is -2.48. The number of aliphatic hydroxyl groups is 2. The zero-order valence-electron chi connectivity index (χ0n) is 56.5. The summed E-state index contributed by atoms with van der Waals surface area (Å²) in [6.45, 7) is 15.4. The van der Waals surface area contributed by atoms with Crippen LogP contribution in [0.4, 0.5) is 0 Å². The van der Waals surface area contributed by atoms with Crippen LogP contribution in [0.25, 0.3) is 49.3 Å². The van der Waals surface area contributed by atoms with Crippen molar-refractivity contribution in [2.24, 2.45) is 5.73 Å². The highest BCUT2D eigenvalue weighted by Crippen LogP contribution is 2.44. The highest BCUT2D eigenvalue weighted by molar-refractivity contribution is 7.14. The van der Waals surface area contributed by atoms with Crippen molar-refractivity contribution in [3.8, 4) is 38.4 Å². The Balaban J connectivity index is 1.07. The molecule has 10 atom stereocenters. The van der Waals surface area contributed by atoms with Crippen LogP contribution < -0.4 is 41.9 Å². The van der Waals surface area contributed by atoms with Gasteiger partial charge < -0.3 is 85.4 Å². The number of amides is 6. The van der Waals surface area contributed by atoms with E-state index in [-0.39, 0.29) is 119 Å². The third-order valence-corrected chi connectivity index (χ3v) is 21.4. The first-order valence-electron chi connectivity index (χ1n) is 31.8. The third kappa shape index (κ3) is 15.0. The van der Waals surface area contributed by atoms with Crippen molar-refractivity contribution in [2.45, 2.75) is 108 Å². The highest BCUT2D eigenvalue weighted by Gasteiger charge is 2.50. The van der Waals surface area contributed by atoms with E-state index in [9.17, 15) is 29.4 Å². The predicted octanol–water partition coefficient (Wildman–Crippen LogP) is 5.13. The molecule has 9 N–H and O–H groups in total. The second-order valence-electron chi connectivity index (χ2n) is 24.5. The first kappa shape index (κ1) is 73.7. The molecule has 0 spiro atoms. The lowest BCUT2D eigenvalue weighted by Crippen LogP contribution is -2.62. The van der Waals surface area contributed by atoms with Gasteiger partial charge in [-0.1, -0.05) is 44.0 Å². The quantitative estimate of drug-likeness (QED) is 0.0285. The van der Waals surface area contributed by atoms with Gasteiger partial charge in [-0.3, -0.25) is 28.8 Å². The van der Waals surface area contributed by atoms with Gasteiger partial charge in [0, 0.05) is 49.8 Å². The number of nitrogens with zero attached hydrogens (tertiary/aromatic N) is 8. The number of thiazole rings is 5. The molecular weight excluding hydrogens is 1450 g/mol. The number of pyridine rings is 1. The normalized spacial score (nSPS) is 23.2.